The minimum atomic E-state index is -0.690. The second kappa shape index (κ2) is 7.87. The van der Waals surface area contributed by atoms with Crippen LogP contribution in [0.15, 0.2) is 42.5 Å². The van der Waals surface area contributed by atoms with Gasteiger partial charge in [0.1, 0.15) is 17.4 Å². The maximum absolute atomic E-state index is 13.5. The molecular formula is C17H18F2N2OS. The van der Waals surface area contributed by atoms with Gasteiger partial charge in [0.05, 0.1) is 11.8 Å². The van der Waals surface area contributed by atoms with Gasteiger partial charge in [0.25, 0.3) is 0 Å². The molecule has 0 radical (unpaired) electrons. The van der Waals surface area contributed by atoms with Crippen molar-refractivity contribution in [1.29, 1.82) is 0 Å². The molecule has 0 unspecified atom stereocenters. The van der Waals surface area contributed by atoms with E-state index in [9.17, 15) is 8.78 Å². The largest absolute Gasteiger partial charge is 0.491 e. The average Bonchev–Trinajstić information content (AvgIpc) is 2.49. The Morgan fingerprint density at radius 1 is 1.13 bits per heavy atom. The molecule has 0 fully saturated rings. The van der Waals surface area contributed by atoms with Gasteiger partial charge in [-0.25, -0.2) is 8.78 Å². The Bertz CT molecular complexity index is 675. The van der Waals surface area contributed by atoms with E-state index in [2.05, 4.69) is 10.6 Å². The SMILES string of the molecule is CC(C)Oc1ccc(CNC(=S)Nc2ccc(F)cc2F)cc1. The van der Waals surface area contributed by atoms with Gasteiger partial charge in [-0.3, -0.25) is 0 Å². The molecule has 2 aromatic carbocycles. The second-order valence-electron chi connectivity index (χ2n) is 5.24. The fourth-order valence-corrected chi connectivity index (χ4v) is 2.08. The maximum Gasteiger partial charge on any atom is 0.171 e. The first-order chi connectivity index (χ1) is 10.9. The number of ether oxygens (including phenoxy) is 1. The molecule has 6 heteroatoms. The zero-order valence-corrected chi connectivity index (χ0v) is 13.7. The summed E-state index contributed by atoms with van der Waals surface area (Å²) >= 11 is 5.10. The molecule has 0 aliphatic carbocycles. The highest BCUT2D eigenvalue weighted by atomic mass is 32.1. The Morgan fingerprint density at radius 3 is 2.43 bits per heavy atom. The lowest BCUT2D eigenvalue weighted by molar-refractivity contribution is 0.242. The fraction of sp³-hybridized carbons (Fsp3) is 0.235. The van der Waals surface area contributed by atoms with Crippen LogP contribution in [0.1, 0.15) is 19.4 Å². The van der Waals surface area contributed by atoms with E-state index in [1.165, 1.54) is 12.1 Å². The molecule has 122 valence electrons. The number of hydrogen-bond donors (Lipinski definition) is 2. The summed E-state index contributed by atoms with van der Waals surface area (Å²) in [6, 6.07) is 10.9. The van der Waals surface area contributed by atoms with Gasteiger partial charge in [0.2, 0.25) is 0 Å². The van der Waals surface area contributed by atoms with Gasteiger partial charge in [-0.05, 0) is 55.9 Å². The van der Waals surface area contributed by atoms with Gasteiger partial charge >= 0.3 is 0 Å². The molecule has 0 aliphatic rings. The molecule has 0 aliphatic heterocycles. The molecular weight excluding hydrogens is 318 g/mol. The number of rotatable bonds is 5. The van der Waals surface area contributed by atoms with Gasteiger partial charge in [-0.2, -0.15) is 0 Å². The number of thiocarbonyl (C=S) groups is 1. The molecule has 3 nitrogen and oxygen atoms in total. The van der Waals surface area contributed by atoms with Crippen LogP contribution in [0.4, 0.5) is 14.5 Å². The third kappa shape index (κ3) is 5.49. The molecule has 2 aromatic rings. The van der Waals surface area contributed by atoms with Crippen LogP contribution in [0.5, 0.6) is 5.75 Å². The summed E-state index contributed by atoms with van der Waals surface area (Å²) in [4.78, 5) is 0. The summed E-state index contributed by atoms with van der Waals surface area (Å²) in [5, 5.41) is 5.93. The Hall–Kier alpha value is -2.21. The van der Waals surface area contributed by atoms with E-state index >= 15 is 0 Å². The highest BCUT2D eigenvalue weighted by Gasteiger charge is 2.05. The lowest BCUT2D eigenvalue weighted by Gasteiger charge is -2.12. The van der Waals surface area contributed by atoms with Crippen molar-refractivity contribution in [3.8, 4) is 5.75 Å². The van der Waals surface area contributed by atoms with Gasteiger partial charge in [-0.15, -0.1) is 0 Å². The summed E-state index contributed by atoms with van der Waals surface area (Å²) in [7, 11) is 0. The fourth-order valence-electron chi connectivity index (χ4n) is 1.90. The first-order valence-electron chi connectivity index (χ1n) is 7.19. The van der Waals surface area contributed by atoms with Gasteiger partial charge in [0.15, 0.2) is 5.11 Å². The normalized spacial score (nSPS) is 10.5. The van der Waals surface area contributed by atoms with Crippen molar-refractivity contribution in [2.24, 2.45) is 0 Å². The second-order valence-corrected chi connectivity index (χ2v) is 5.65. The van der Waals surface area contributed by atoms with Crippen LogP contribution >= 0.6 is 12.2 Å². The van der Waals surface area contributed by atoms with Crippen molar-refractivity contribution in [3.63, 3.8) is 0 Å². The van der Waals surface area contributed by atoms with Crippen molar-refractivity contribution in [2.75, 3.05) is 5.32 Å². The lowest BCUT2D eigenvalue weighted by atomic mass is 10.2. The van der Waals surface area contributed by atoms with E-state index in [1.54, 1.807) is 0 Å². The third-order valence-corrected chi connectivity index (χ3v) is 3.17. The van der Waals surface area contributed by atoms with Crippen molar-refractivity contribution >= 4 is 23.0 Å². The van der Waals surface area contributed by atoms with Crippen LogP contribution < -0.4 is 15.4 Å². The van der Waals surface area contributed by atoms with Gasteiger partial charge in [0, 0.05) is 12.6 Å². The van der Waals surface area contributed by atoms with Crippen molar-refractivity contribution in [3.05, 3.63) is 59.7 Å². The monoisotopic (exact) mass is 336 g/mol. The lowest BCUT2D eigenvalue weighted by Crippen LogP contribution is -2.28. The number of halogens is 2. The molecule has 0 saturated heterocycles. The molecule has 2 rings (SSSR count). The van der Waals surface area contributed by atoms with Crippen molar-refractivity contribution in [2.45, 2.75) is 26.5 Å². The van der Waals surface area contributed by atoms with Crippen molar-refractivity contribution < 1.29 is 13.5 Å². The Kier molecular flexibility index (Phi) is 5.87. The average molecular weight is 336 g/mol. The molecule has 0 heterocycles. The number of benzene rings is 2. The topological polar surface area (TPSA) is 33.3 Å². The van der Waals surface area contributed by atoms with E-state index in [-0.39, 0.29) is 16.9 Å². The molecule has 0 saturated carbocycles. The number of anilines is 1. The van der Waals surface area contributed by atoms with E-state index in [1.807, 2.05) is 38.1 Å². The number of hydrogen-bond acceptors (Lipinski definition) is 2. The number of nitrogens with one attached hydrogen (secondary N) is 2. The molecule has 0 spiro atoms. The summed E-state index contributed by atoms with van der Waals surface area (Å²) in [6.45, 7) is 4.42. The molecule has 0 amide bonds. The molecule has 2 N–H and O–H groups in total. The predicted molar refractivity (Wildman–Crippen MR) is 91.6 cm³/mol. The van der Waals surface area contributed by atoms with Crippen LogP contribution in [-0.4, -0.2) is 11.2 Å². The highest BCUT2D eigenvalue weighted by molar-refractivity contribution is 7.80. The first kappa shape index (κ1) is 17.1. The highest BCUT2D eigenvalue weighted by Crippen LogP contribution is 2.15. The summed E-state index contributed by atoms with van der Waals surface area (Å²) in [6.07, 6.45) is 0.126. The van der Waals surface area contributed by atoms with Gasteiger partial charge in [-0.1, -0.05) is 12.1 Å². The molecule has 23 heavy (non-hydrogen) atoms. The van der Waals surface area contributed by atoms with E-state index in [0.29, 0.717) is 6.54 Å². The van der Waals surface area contributed by atoms with E-state index in [4.69, 9.17) is 17.0 Å². The Morgan fingerprint density at radius 2 is 1.83 bits per heavy atom. The van der Waals surface area contributed by atoms with Crippen LogP contribution in [-0.2, 0) is 6.54 Å². The molecule has 0 atom stereocenters. The van der Waals surface area contributed by atoms with Crippen LogP contribution in [0, 0.1) is 11.6 Å². The van der Waals surface area contributed by atoms with Crippen LogP contribution in [0.2, 0.25) is 0 Å². The minimum absolute atomic E-state index is 0.126. The summed E-state index contributed by atoms with van der Waals surface area (Å²) < 4.78 is 31.9. The zero-order valence-electron chi connectivity index (χ0n) is 12.9. The van der Waals surface area contributed by atoms with Crippen LogP contribution in [0.3, 0.4) is 0 Å². The van der Waals surface area contributed by atoms with E-state index in [0.717, 1.165) is 17.4 Å². The minimum Gasteiger partial charge on any atom is -0.491 e. The van der Waals surface area contributed by atoms with Gasteiger partial charge < -0.3 is 15.4 Å². The Balaban J connectivity index is 1.86. The zero-order chi connectivity index (χ0) is 16.8. The third-order valence-electron chi connectivity index (χ3n) is 2.93. The quantitative estimate of drug-likeness (QED) is 0.800. The maximum atomic E-state index is 13.5. The summed E-state index contributed by atoms with van der Waals surface area (Å²) in [5.41, 5.74) is 1.13. The summed E-state index contributed by atoms with van der Waals surface area (Å²) in [5.74, 6) is -0.516. The standard InChI is InChI=1S/C17H18F2N2OS/c1-11(2)22-14-6-3-12(4-7-14)10-20-17(23)21-16-8-5-13(18)9-15(16)19/h3-9,11H,10H2,1-2H3,(H2,20,21,23). The Labute approximate surface area is 139 Å². The first-order valence-corrected chi connectivity index (χ1v) is 7.60. The predicted octanol–water partition coefficient (Wildman–Crippen LogP) is 4.24. The molecule has 0 aromatic heterocycles. The van der Waals surface area contributed by atoms with Crippen molar-refractivity contribution in [1.82, 2.24) is 5.32 Å². The van der Waals surface area contributed by atoms with E-state index < -0.39 is 11.6 Å². The molecule has 0 bridgehead atoms. The smallest absolute Gasteiger partial charge is 0.171 e. The van der Waals surface area contributed by atoms with Crippen LogP contribution in [0.25, 0.3) is 0 Å².